The third-order valence-corrected chi connectivity index (χ3v) is 5.46. The van der Waals surface area contributed by atoms with E-state index in [-0.39, 0.29) is 17.5 Å². The molecule has 1 saturated heterocycles. The Bertz CT molecular complexity index is 580. The van der Waals surface area contributed by atoms with Crippen molar-refractivity contribution < 1.29 is 12.8 Å². The number of aryl methyl sites for hydroxylation is 2. The molecule has 0 saturated carbocycles. The molecule has 0 aromatic carbocycles. The van der Waals surface area contributed by atoms with Crippen LogP contribution in [0.4, 0.5) is 0 Å². The fraction of sp³-hybridized carbons (Fsp3) is 0.692. The molecule has 0 aliphatic carbocycles. The van der Waals surface area contributed by atoms with Crippen molar-refractivity contribution in [2.45, 2.75) is 44.2 Å². The summed E-state index contributed by atoms with van der Waals surface area (Å²) >= 11 is 0. The van der Waals surface area contributed by atoms with E-state index in [1.165, 1.54) is 0 Å². The molecule has 20 heavy (non-hydrogen) atoms. The molecule has 0 spiro atoms. The Balaban J connectivity index is 2.26. The summed E-state index contributed by atoms with van der Waals surface area (Å²) in [6, 6.07) is -0.0565. The van der Waals surface area contributed by atoms with Gasteiger partial charge in [-0.2, -0.15) is 0 Å². The van der Waals surface area contributed by atoms with Crippen LogP contribution in [0.1, 0.15) is 29.9 Å². The highest BCUT2D eigenvalue weighted by atomic mass is 32.2. The van der Waals surface area contributed by atoms with Crippen molar-refractivity contribution >= 4 is 10.0 Å². The number of hydrogen-bond acceptors (Lipinski definition) is 5. The monoisotopic (exact) mass is 301 g/mol. The van der Waals surface area contributed by atoms with Gasteiger partial charge in [0.25, 0.3) is 0 Å². The molecular formula is C13H23N3O3S. The van der Waals surface area contributed by atoms with Crippen molar-refractivity contribution in [3.8, 4) is 0 Å². The molecule has 2 rings (SSSR count). The van der Waals surface area contributed by atoms with Crippen LogP contribution in [0, 0.1) is 13.8 Å². The molecule has 0 bridgehead atoms. The zero-order chi connectivity index (χ0) is 14.9. The normalized spacial score (nSPS) is 21.3. The van der Waals surface area contributed by atoms with Crippen LogP contribution in [0.5, 0.6) is 0 Å². The predicted molar refractivity (Wildman–Crippen MR) is 76.9 cm³/mol. The molecule has 1 aromatic heterocycles. The topological polar surface area (TPSA) is 88.6 Å². The summed E-state index contributed by atoms with van der Waals surface area (Å²) < 4.78 is 33.4. The van der Waals surface area contributed by atoms with Crippen LogP contribution in [0.2, 0.25) is 0 Å². The van der Waals surface area contributed by atoms with Gasteiger partial charge in [-0.25, -0.2) is 13.1 Å². The van der Waals surface area contributed by atoms with Crippen LogP contribution < -0.4 is 10.5 Å². The fourth-order valence-corrected chi connectivity index (χ4v) is 4.56. The lowest BCUT2D eigenvalue weighted by Crippen LogP contribution is -2.46. The lowest BCUT2D eigenvalue weighted by atomic mass is 10.1. The number of furan rings is 1. The Labute approximate surface area is 120 Å². The molecule has 1 fully saturated rings. The molecule has 2 heterocycles. The highest BCUT2D eigenvalue weighted by molar-refractivity contribution is 7.89. The van der Waals surface area contributed by atoms with Crippen molar-refractivity contribution in [2.75, 3.05) is 20.1 Å². The summed E-state index contributed by atoms with van der Waals surface area (Å²) in [6.07, 6.45) is 1.86. The lowest BCUT2D eigenvalue weighted by molar-refractivity contribution is 0.242. The molecule has 1 aliphatic heterocycles. The van der Waals surface area contributed by atoms with Gasteiger partial charge < -0.3 is 15.1 Å². The zero-order valence-corrected chi connectivity index (χ0v) is 13.1. The first-order valence-corrected chi connectivity index (χ1v) is 8.33. The standard InChI is InChI=1S/C13H23N3O3S/c1-9-12(7-14)13(10(2)19-9)20(17,18)15-11-5-4-6-16(3)8-11/h11,15H,4-8,14H2,1-3H3. The van der Waals surface area contributed by atoms with Crippen LogP contribution >= 0.6 is 0 Å². The van der Waals surface area contributed by atoms with Crippen molar-refractivity contribution in [3.63, 3.8) is 0 Å². The van der Waals surface area contributed by atoms with Crippen molar-refractivity contribution in [2.24, 2.45) is 5.73 Å². The van der Waals surface area contributed by atoms with Gasteiger partial charge in [-0.1, -0.05) is 0 Å². The van der Waals surface area contributed by atoms with E-state index in [2.05, 4.69) is 9.62 Å². The third kappa shape index (κ3) is 3.06. The average molecular weight is 301 g/mol. The number of rotatable bonds is 4. The average Bonchev–Trinajstić information content (AvgIpc) is 2.63. The van der Waals surface area contributed by atoms with Crippen LogP contribution in [-0.4, -0.2) is 39.5 Å². The van der Waals surface area contributed by atoms with E-state index in [0.29, 0.717) is 17.1 Å². The highest BCUT2D eigenvalue weighted by Crippen LogP contribution is 2.26. The summed E-state index contributed by atoms with van der Waals surface area (Å²) in [7, 11) is -1.59. The van der Waals surface area contributed by atoms with Crippen molar-refractivity contribution in [1.82, 2.24) is 9.62 Å². The second kappa shape index (κ2) is 5.85. The van der Waals surface area contributed by atoms with Gasteiger partial charge in [-0.05, 0) is 40.3 Å². The SMILES string of the molecule is Cc1oc(C)c(S(=O)(=O)NC2CCCN(C)C2)c1CN. The first-order chi connectivity index (χ1) is 9.35. The fourth-order valence-electron chi connectivity index (χ4n) is 2.84. The number of sulfonamides is 1. The summed E-state index contributed by atoms with van der Waals surface area (Å²) in [5.41, 5.74) is 6.22. The third-order valence-electron chi connectivity index (χ3n) is 3.74. The van der Waals surface area contributed by atoms with E-state index in [1.54, 1.807) is 13.8 Å². The molecule has 6 nitrogen and oxygen atoms in total. The van der Waals surface area contributed by atoms with Crippen LogP contribution in [-0.2, 0) is 16.6 Å². The summed E-state index contributed by atoms with van der Waals surface area (Å²) in [5, 5.41) is 0. The Morgan fingerprint density at radius 3 is 2.70 bits per heavy atom. The summed E-state index contributed by atoms with van der Waals surface area (Å²) in [6.45, 7) is 5.30. The molecule has 1 aromatic rings. The van der Waals surface area contributed by atoms with Crippen LogP contribution in [0.3, 0.4) is 0 Å². The van der Waals surface area contributed by atoms with Gasteiger partial charge in [0.05, 0.1) is 0 Å². The molecule has 114 valence electrons. The van der Waals surface area contributed by atoms with Gasteiger partial charge in [0.1, 0.15) is 16.4 Å². The first-order valence-electron chi connectivity index (χ1n) is 6.85. The number of nitrogens with two attached hydrogens (primary N) is 1. The number of likely N-dealkylation sites (N-methyl/N-ethyl adjacent to an activating group) is 1. The Morgan fingerprint density at radius 2 is 2.10 bits per heavy atom. The smallest absolute Gasteiger partial charge is 0.244 e. The maximum Gasteiger partial charge on any atom is 0.244 e. The lowest BCUT2D eigenvalue weighted by Gasteiger charge is -2.30. The van der Waals surface area contributed by atoms with Gasteiger partial charge >= 0.3 is 0 Å². The molecule has 0 amide bonds. The zero-order valence-electron chi connectivity index (χ0n) is 12.3. The van der Waals surface area contributed by atoms with Gasteiger partial charge in [-0.15, -0.1) is 0 Å². The molecular weight excluding hydrogens is 278 g/mol. The van der Waals surface area contributed by atoms with Gasteiger partial charge in [0, 0.05) is 24.7 Å². The number of hydrogen-bond donors (Lipinski definition) is 2. The molecule has 1 unspecified atom stereocenters. The maximum absolute atomic E-state index is 12.6. The maximum atomic E-state index is 12.6. The Morgan fingerprint density at radius 1 is 1.40 bits per heavy atom. The van der Waals surface area contributed by atoms with E-state index in [0.717, 1.165) is 25.9 Å². The number of nitrogens with zero attached hydrogens (tertiary/aromatic N) is 1. The number of likely N-dealkylation sites (tertiary alicyclic amines) is 1. The summed E-state index contributed by atoms with van der Waals surface area (Å²) in [4.78, 5) is 2.35. The second-order valence-electron chi connectivity index (χ2n) is 5.45. The predicted octanol–water partition coefficient (Wildman–Crippen LogP) is 0.728. The second-order valence-corrected chi connectivity index (χ2v) is 7.10. The van der Waals surface area contributed by atoms with Crippen molar-refractivity contribution in [3.05, 3.63) is 17.1 Å². The molecule has 7 heteroatoms. The Hall–Kier alpha value is -0.890. The number of piperidine rings is 1. The molecule has 0 radical (unpaired) electrons. The minimum absolute atomic E-state index is 0.0565. The molecule has 1 atom stereocenters. The van der Waals surface area contributed by atoms with E-state index in [4.69, 9.17) is 10.2 Å². The van der Waals surface area contributed by atoms with Crippen LogP contribution in [0.15, 0.2) is 9.31 Å². The minimum Gasteiger partial charge on any atom is -0.465 e. The van der Waals surface area contributed by atoms with Crippen molar-refractivity contribution in [1.29, 1.82) is 0 Å². The van der Waals surface area contributed by atoms with Crippen LogP contribution in [0.25, 0.3) is 0 Å². The quantitative estimate of drug-likeness (QED) is 0.856. The van der Waals surface area contributed by atoms with Gasteiger partial charge in [-0.3, -0.25) is 0 Å². The Kier molecular flexibility index (Phi) is 4.53. The van der Waals surface area contributed by atoms with E-state index < -0.39 is 10.0 Å². The molecule has 1 aliphatic rings. The van der Waals surface area contributed by atoms with E-state index in [1.807, 2.05) is 7.05 Å². The van der Waals surface area contributed by atoms with E-state index in [9.17, 15) is 8.42 Å². The minimum atomic E-state index is -3.59. The molecule has 3 N–H and O–H groups in total. The van der Waals surface area contributed by atoms with E-state index >= 15 is 0 Å². The first kappa shape index (κ1) is 15.5. The summed E-state index contributed by atoms with van der Waals surface area (Å²) in [5.74, 6) is 0.978. The largest absolute Gasteiger partial charge is 0.465 e. The van der Waals surface area contributed by atoms with Gasteiger partial charge in [0.15, 0.2) is 0 Å². The highest BCUT2D eigenvalue weighted by Gasteiger charge is 2.29. The number of nitrogens with one attached hydrogen (secondary N) is 1. The van der Waals surface area contributed by atoms with Gasteiger partial charge in [0.2, 0.25) is 10.0 Å².